The summed E-state index contributed by atoms with van der Waals surface area (Å²) in [5, 5.41) is 4.58. The first-order valence-electron chi connectivity index (χ1n) is 25.0. The number of benzene rings is 12. The minimum absolute atomic E-state index is 0.456. The van der Waals surface area contributed by atoms with Crippen LogP contribution >= 0.6 is 0 Å². The van der Waals surface area contributed by atoms with Crippen LogP contribution in [0.2, 0.25) is 0 Å². The molecule has 0 amide bonds. The largest absolute Gasteiger partial charge is 0.455 e. The maximum Gasteiger partial charge on any atom is 0.140 e. The van der Waals surface area contributed by atoms with Gasteiger partial charge in [0.2, 0.25) is 0 Å². The van der Waals surface area contributed by atoms with E-state index in [1.165, 1.54) is 83.1 Å². The fraction of sp³-hybridized carbons (Fsp3) is 0.0286. The lowest BCUT2D eigenvalue weighted by Gasteiger charge is -2.40. The second kappa shape index (κ2) is 15.6. The summed E-state index contributed by atoms with van der Waals surface area (Å²) in [5.41, 5.74) is 19.7. The first-order chi connectivity index (χ1) is 35.7. The number of nitrogens with zero attached hydrogens (tertiary/aromatic N) is 1. The van der Waals surface area contributed by atoms with Crippen LogP contribution in [-0.2, 0) is 10.8 Å². The van der Waals surface area contributed by atoms with Gasteiger partial charge in [-0.2, -0.15) is 0 Å². The van der Waals surface area contributed by atoms with Gasteiger partial charge in [0.25, 0.3) is 0 Å². The third-order valence-corrected chi connectivity index (χ3v) is 16.0. The van der Waals surface area contributed by atoms with Crippen molar-refractivity contribution in [3.8, 4) is 44.9 Å². The highest BCUT2D eigenvalue weighted by molar-refractivity contribution is 6.00. The van der Waals surface area contributed by atoms with Crippen molar-refractivity contribution in [2.45, 2.75) is 10.8 Å². The molecule has 15 rings (SSSR count). The molecule has 2 nitrogen and oxygen atoms in total. The van der Waals surface area contributed by atoms with Gasteiger partial charge in [-0.3, -0.25) is 0 Å². The number of para-hydroxylation sites is 1. The molecule has 2 heteroatoms. The van der Waals surface area contributed by atoms with Gasteiger partial charge in [-0.1, -0.05) is 231 Å². The highest BCUT2D eigenvalue weighted by atomic mass is 16.5. The molecule has 2 aliphatic carbocycles. The van der Waals surface area contributed by atoms with E-state index in [1.54, 1.807) is 0 Å². The van der Waals surface area contributed by atoms with Crippen molar-refractivity contribution in [3.05, 3.63) is 317 Å². The molecule has 3 aliphatic rings. The van der Waals surface area contributed by atoms with Gasteiger partial charge >= 0.3 is 0 Å². The molecule has 0 saturated carbocycles. The Kier molecular flexibility index (Phi) is 8.82. The molecule has 0 atom stereocenters. The summed E-state index contributed by atoms with van der Waals surface area (Å²) in [6.07, 6.45) is 0. The van der Waals surface area contributed by atoms with Gasteiger partial charge in [0.15, 0.2) is 0 Å². The lowest BCUT2D eigenvalue weighted by molar-refractivity contribution is 0.447. The van der Waals surface area contributed by atoms with Gasteiger partial charge in [-0.05, 0) is 120 Å². The van der Waals surface area contributed by atoms with Crippen LogP contribution < -0.4 is 9.64 Å². The van der Waals surface area contributed by atoms with Crippen LogP contribution in [0, 0.1) is 0 Å². The van der Waals surface area contributed by atoms with Gasteiger partial charge in [-0.25, -0.2) is 0 Å². The van der Waals surface area contributed by atoms with Crippen LogP contribution in [0.15, 0.2) is 273 Å². The molecule has 0 fully saturated rings. The number of fused-ring (bicyclic) bond motifs is 16. The van der Waals surface area contributed by atoms with Gasteiger partial charge in [0.05, 0.1) is 10.8 Å². The number of hydrogen-bond acceptors (Lipinski definition) is 2. The Morgan fingerprint density at radius 2 is 0.681 bits per heavy atom. The van der Waals surface area contributed by atoms with E-state index in [9.17, 15) is 0 Å². The zero-order valence-corrected chi connectivity index (χ0v) is 39.3. The Balaban J connectivity index is 0.870. The van der Waals surface area contributed by atoms with E-state index in [0.717, 1.165) is 44.9 Å². The average Bonchev–Trinajstić information content (AvgIpc) is 3.92. The van der Waals surface area contributed by atoms with Crippen molar-refractivity contribution in [1.82, 2.24) is 0 Å². The number of ether oxygens (including phenoxy) is 1. The van der Waals surface area contributed by atoms with Crippen molar-refractivity contribution in [2.24, 2.45) is 0 Å². The Labute approximate surface area is 419 Å². The van der Waals surface area contributed by atoms with E-state index in [2.05, 4.69) is 278 Å². The molecule has 0 bridgehead atoms. The standard InChI is InChI=1S/C70H45NO/c1-4-20-50(21-5-1)69(51-22-6-2-7-23-51)61-30-16-14-29-58(61)60-45-54(39-43-63(60)69)71(52-24-8-3-9-25-52)53-37-32-46(33-38-53)49-36-40-64-59(44-49)57-28-15-17-31-62(57)70(64)65-41-34-47-18-10-12-26-55(47)67(65)72-68-56-27-13-11-19-48(56)35-42-66(68)70/h1-45H. The quantitative estimate of drug-likeness (QED) is 0.165. The fourth-order valence-electron chi connectivity index (χ4n) is 13.0. The van der Waals surface area contributed by atoms with Crippen LogP contribution in [-0.4, -0.2) is 0 Å². The summed E-state index contributed by atoms with van der Waals surface area (Å²) >= 11 is 0. The number of anilines is 3. The molecular weight excluding hydrogens is 871 g/mol. The van der Waals surface area contributed by atoms with E-state index in [4.69, 9.17) is 4.74 Å². The molecule has 0 unspecified atom stereocenters. The van der Waals surface area contributed by atoms with Crippen molar-refractivity contribution < 1.29 is 4.74 Å². The van der Waals surface area contributed by atoms with Gasteiger partial charge < -0.3 is 9.64 Å². The first kappa shape index (κ1) is 40.6. The zero-order chi connectivity index (χ0) is 47.4. The van der Waals surface area contributed by atoms with Gasteiger partial charge in [0, 0.05) is 39.0 Å². The highest BCUT2D eigenvalue weighted by Gasteiger charge is 2.52. The predicted octanol–water partition coefficient (Wildman–Crippen LogP) is 18.0. The molecule has 72 heavy (non-hydrogen) atoms. The topological polar surface area (TPSA) is 12.5 Å². The van der Waals surface area contributed by atoms with Crippen LogP contribution in [0.5, 0.6) is 11.5 Å². The summed E-state index contributed by atoms with van der Waals surface area (Å²) in [6.45, 7) is 0. The molecule has 1 heterocycles. The molecule has 1 spiro atoms. The minimum Gasteiger partial charge on any atom is -0.455 e. The SMILES string of the molecule is c1ccc(N(c2ccc(-c3ccc4c(c3)-c3ccccc3C43c4ccc5ccccc5c4Oc4c3ccc3ccccc43)cc2)c2ccc3c(c2)-c2ccccc2C3(c2ccccc2)c2ccccc2)cc1. The number of rotatable bonds is 6. The second-order valence-electron chi connectivity index (χ2n) is 19.5. The lowest BCUT2D eigenvalue weighted by atomic mass is 9.65. The van der Waals surface area contributed by atoms with E-state index in [-0.39, 0.29) is 0 Å². The highest BCUT2D eigenvalue weighted by Crippen LogP contribution is 2.64. The number of hydrogen-bond donors (Lipinski definition) is 0. The molecule has 0 N–H and O–H groups in total. The van der Waals surface area contributed by atoms with Crippen LogP contribution in [0.1, 0.15) is 44.5 Å². The van der Waals surface area contributed by atoms with Crippen molar-refractivity contribution in [3.63, 3.8) is 0 Å². The predicted molar refractivity (Wildman–Crippen MR) is 296 cm³/mol. The van der Waals surface area contributed by atoms with E-state index >= 15 is 0 Å². The summed E-state index contributed by atoms with van der Waals surface area (Å²) < 4.78 is 7.19. The van der Waals surface area contributed by atoms with Crippen LogP contribution in [0.25, 0.3) is 54.9 Å². The Hall–Kier alpha value is -9.24. The molecule has 12 aromatic carbocycles. The average molecular weight is 916 g/mol. The molecular formula is C70H45NO. The molecule has 0 saturated heterocycles. The second-order valence-corrected chi connectivity index (χ2v) is 19.5. The Morgan fingerprint density at radius 3 is 1.29 bits per heavy atom. The third kappa shape index (κ3) is 5.60. The van der Waals surface area contributed by atoms with Gasteiger partial charge in [0.1, 0.15) is 11.5 Å². The van der Waals surface area contributed by atoms with Crippen LogP contribution in [0.4, 0.5) is 17.1 Å². The zero-order valence-electron chi connectivity index (χ0n) is 39.3. The normalized spacial score (nSPS) is 13.9. The lowest BCUT2D eigenvalue weighted by Crippen LogP contribution is -2.32. The fourth-order valence-corrected chi connectivity index (χ4v) is 13.0. The van der Waals surface area contributed by atoms with Crippen LogP contribution in [0.3, 0.4) is 0 Å². The van der Waals surface area contributed by atoms with E-state index in [0.29, 0.717) is 0 Å². The third-order valence-electron chi connectivity index (χ3n) is 16.0. The summed E-state index contributed by atoms with van der Waals surface area (Å²) in [7, 11) is 0. The summed E-state index contributed by atoms with van der Waals surface area (Å²) in [6, 6.07) is 101. The molecule has 0 aromatic heterocycles. The maximum atomic E-state index is 7.19. The first-order valence-corrected chi connectivity index (χ1v) is 25.0. The molecule has 336 valence electrons. The monoisotopic (exact) mass is 915 g/mol. The van der Waals surface area contributed by atoms with Crippen molar-refractivity contribution in [2.75, 3.05) is 4.90 Å². The molecule has 12 aromatic rings. The van der Waals surface area contributed by atoms with Crippen molar-refractivity contribution >= 4 is 38.6 Å². The van der Waals surface area contributed by atoms with Gasteiger partial charge in [-0.15, -0.1) is 0 Å². The van der Waals surface area contributed by atoms with E-state index < -0.39 is 10.8 Å². The Morgan fingerprint density at radius 1 is 0.264 bits per heavy atom. The maximum absolute atomic E-state index is 7.19. The van der Waals surface area contributed by atoms with E-state index in [1.807, 2.05) is 0 Å². The molecule has 0 radical (unpaired) electrons. The van der Waals surface area contributed by atoms with Crippen molar-refractivity contribution in [1.29, 1.82) is 0 Å². The molecule has 1 aliphatic heterocycles. The summed E-state index contributed by atoms with van der Waals surface area (Å²) in [4.78, 5) is 2.40. The summed E-state index contributed by atoms with van der Waals surface area (Å²) in [5.74, 6) is 1.86. The minimum atomic E-state index is -0.584. The smallest absolute Gasteiger partial charge is 0.140 e. The Bertz CT molecular complexity index is 4000.